The molecule has 38 heavy (non-hydrogen) atoms. The Bertz CT molecular complexity index is 1270. The third kappa shape index (κ3) is 7.72. The maximum atomic E-state index is 13.0. The fourth-order valence-corrected chi connectivity index (χ4v) is 4.41. The Hall–Kier alpha value is -3.56. The first-order chi connectivity index (χ1) is 18.4. The van der Waals surface area contributed by atoms with Crippen molar-refractivity contribution in [1.82, 2.24) is 15.1 Å². The first-order valence-corrected chi connectivity index (χ1v) is 13.3. The summed E-state index contributed by atoms with van der Waals surface area (Å²) in [6, 6.07) is 21.2. The molecular weight excluding hydrogens is 574 g/mol. The van der Waals surface area contributed by atoms with E-state index < -0.39 is 0 Å². The molecule has 3 aromatic rings. The van der Waals surface area contributed by atoms with E-state index in [1.165, 1.54) is 4.90 Å². The number of benzene rings is 3. The van der Waals surface area contributed by atoms with E-state index in [-0.39, 0.29) is 37.4 Å². The highest BCUT2D eigenvalue weighted by Gasteiger charge is 2.31. The minimum atomic E-state index is -0.363. The number of carbonyl (C=O) groups is 3. The summed E-state index contributed by atoms with van der Waals surface area (Å²) in [7, 11) is 0. The number of halogens is 2. The van der Waals surface area contributed by atoms with Gasteiger partial charge >= 0.3 is 6.03 Å². The van der Waals surface area contributed by atoms with Gasteiger partial charge < -0.3 is 19.7 Å². The number of carbonyl (C=O) groups excluding carboxylic acids is 3. The summed E-state index contributed by atoms with van der Waals surface area (Å²) in [6.45, 7) is 1.76. The molecule has 1 N–H and O–H groups in total. The zero-order valence-electron chi connectivity index (χ0n) is 20.6. The summed E-state index contributed by atoms with van der Waals surface area (Å²) in [5.41, 5.74) is 1.42. The predicted molar refractivity (Wildman–Crippen MR) is 147 cm³/mol. The Morgan fingerprint density at radius 3 is 2.26 bits per heavy atom. The van der Waals surface area contributed by atoms with Gasteiger partial charge in [-0.05, 0) is 60.2 Å². The van der Waals surface area contributed by atoms with Crippen molar-refractivity contribution in [1.29, 1.82) is 0 Å². The van der Waals surface area contributed by atoms with Gasteiger partial charge in [0, 0.05) is 47.7 Å². The van der Waals surface area contributed by atoms with Crippen LogP contribution in [0.2, 0.25) is 5.02 Å². The molecule has 0 radical (unpaired) electrons. The number of nitrogens with zero attached hydrogens (tertiary/aromatic N) is 2. The predicted octanol–water partition coefficient (Wildman–Crippen LogP) is 5.14. The van der Waals surface area contributed by atoms with Gasteiger partial charge in [0.15, 0.2) is 0 Å². The number of hydrogen-bond donors (Lipinski definition) is 1. The lowest BCUT2D eigenvalue weighted by atomic mass is 10.2. The van der Waals surface area contributed by atoms with Crippen LogP contribution in [0.5, 0.6) is 11.5 Å². The molecule has 0 saturated carbocycles. The van der Waals surface area contributed by atoms with Crippen molar-refractivity contribution in [3.63, 3.8) is 0 Å². The quantitative estimate of drug-likeness (QED) is 0.308. The Morgan fingerprint density at radius 1 is 0.947 bits per heavy atom. The molecular formula is C28H27BrClN3O5. The minimum Gasteiger partial charge on any atom is -0.490 e. The lowest BCUT2D eigenvalue weighted by Crippen LogP contribution is -2.53. The molecule has 1 aliphatic heterocycles. The molecule has 10 heteroatoms. The summed E-state index contributed by atoms with van der Waals surface area (Å²) >= 11 is 9.21. The van der Waals surface area contributed by atoms with Crippen LogP contribution >= 0.6 is 27.5 Å². The number of hydrogen-bond acceptors (Lipinski definition) is 5. The maximum Gasteiger partial charge on any atom is 0.327 e. The van der Waals surface area contributed by atoms with Gasteiger partial charge in [0.25, 0.3) is 5.91 Å². The summed E-state index contributed by atoms with van der Waals surface area (Å²) < 4.78 is 12.1. The van der Waals surface area contributed by atoms with Gasteiger partial charge in [-0.25, -0.2) is 4.79 Å². The molecule has 198 valence electrons. The number of ether oxygens (including phenoxy) is 2. The first-order valence-electron chi connectivity index (χ1n) is 12.1. The van der Waals surface area contributed by atoms with E-state index in [9.17, 15) is 14.4 Å². The van der Waals surface area contributed by atoms with E-state index in [0.717, 1.165) is 15.8 Å². The molecule has 1 fully saturated rings. The molecule has 3 aromatic carbocycles. The van der Waals surface area contributed by atoms with Crippen molar-refractivity contribution < 1.29 is 23.9 Å². The van der Waals surface area contributed by atoms with Crippen molar-refractivity contribution in [2.24, 2.45) is 0 Å². The second kappa shape index (κ2) is 13.3. The van der Waals surface area contributed by atoms with Gasteiger partial charge in [0.05, 0.1) is 0 Å². The number of nitrogens with one attached hydrogen (secondary N) is 1. The molecule has 0 aliphatic carbocycles. The van der Waals surface area contributed by atoms with Crippen molar-refractivity contribution in [3.8, 4) is 11.5 Å². The standard InChI is InChI=1S/C28H27BrClN3O5/c29-22-3-1-2-21(18-22)27(35)31-13-15-33-26(34)12-14-32(28(33)36)19-20-4-8-24(9-5-20)37-16-17-38-25-10-6-23(30)7-11-25/h1-11,18H,12-17,19H2,(H,31,35). The molecule has 1 saturated heterocycles. The summed E-state index contributed by atoms with van der Waals surface area (Å²) in [5, 5.41) is 3.42. The normalized spacial score (nSPS) is 13.4. The number of amides is 4. The van der Waals surface area contributed by atoms with Crippen LogP contribution < -0.4 is 14.8 Å². The maximum absolute atomic E-state index is 13.0. The number of imide groups is 1. The van der Waals surface area contributed by atoms with Gasteiger partial charge in [0.1, 0.15) is 24.7 Å². The molecule has 1 aliphatic rings. The van der Waals surface area contributed by atoms with Crippen molar-refractivity contribution >= 4 is 45.4 Å². The van der Waals surface area contributed by atoms with Crippen LogP contribution in [0.3, 0.4) is 0 Å². The van der Waals surface area contributed by atoms with Crippen LogP contribution in [-0.4, -0.2) is 60.5 Å². The first kappa shape index (κ1) is 27.5. The molecule has 1 heterocycles. The van der Waals surface area contributed by atoms with E-state index in [1.807, 2.05) is 30.3 Å². The average molecular weight is 601 g/mol. The monoisotopic (exact) mass is 599 g/mol. The second-order valence-corrected chi connectivity index (χ2v) is 9.91. The fraction of sp³-hybridized carbons (Fsp3) is 0.250. The minimum absolute atomic E-state index is 0.110. The lowest BCUT2D eigenvalue weighted by molar-refractivity contribution is -0.131. The summed E-state index contributed by atoms with van der Waals surface area (Å²) in [6.07, 6.45) is 0.236. The van der Waals surface area contributed by atoms with Crippen LogP contribution in [-0.2, 0) is 11.3 Å². The largest absolute Gasteiger partial charge is 0.490 e. The number of rotatable bonds is 11. The molecule has 0 atom stereocenters. The fourth-order valence-electron chi connectivity index (χ4n) is 3.88. The van der Waals surface area contributed by atoms with Crippen LogP contribution in [0, 0.1) is 0 Å². The Kier molecular flexibility index (Phi) is 9.62. The molecule has 8 nitrogen and oxygen atoms in total. The zero-order valence-corrected chi connectivity index (χ0v) is 22.9. The molecule has 0 spiro atoms. The highest BCUT2D eigenvalue weighted by molar-refractivity contribution is 9.10. The SMILES string of the molecule is O=C(NCCN1C(=O)CCN(Cc2ccc(OCCOc3ccc(Cl)cc3)cc2)C1=O)c1cccc(Br)c1. The van der Waals surface area contributed by atoms with Crippen LogP contribution in [0.15, 0.2) is 77.3 Å². The van der Waals surface area contributed by atoms with Gasteiger partial charge in [-0.1, -0.05) is 45.7 Å². The van der Waals surface area contributed by atoms with Crippen molar-refractivity contribution in [3.05, 3.63) is 93.4 Å². The van der Waals surface area contributed by atoms with Gasteiger partial charge in [-0.2, -0.15) is 0 Å². The van der Waals surface area contributed by atoms with Crippen LogP contribution in [0.4, 0.5) is 4.79 Å². The van der Waals surface area contributed by atoms with Gasteiger partial charge in [-0.15, -0.1) is 0 Å². The van der Waals surface area contributed by atoms with E-state index in [0.29, 0.717) is 42.6 Å². The van der Waals surface area contributed by atoms with Gasteiger partial charge in [-0.3, -0.25) is 14.5 Å². The third-order valence-electron chi connectivity index (χ3n) is 5.84. The highest BCUT2D eigenvalue weighted by Crippen LogP contribution is 2.19. The Labute approximate surface area is 234 Å². The topological polar surface area (TPSA) is 88.2 Å². The number of urea groups is 1. The summed E-state index contributed by atoms with van der Waals surface area (Å²) in [4.78, 5) is 40.5. The molecule has 4 amide bonds. The van der Waals surface area contributed by atoms with E-state index in [4.69, 9.17) is 21.1 Å². The van der Waals surface area contributed by atoms with Crippen LogP contribution in [0.25, 0.3) is 0 Å². The van der Waals surface area contributed by atoms with E-state index in [1.54, 1.807) is 47.4 Å². The molecule has 0 bridgehead atoms. The Morgan fingerprint density at radius 2 is 1.61 bits per heavy atom. The second-order valence-electron chi connectivity index (χ2n) is 8.56. The van der Waals surface area contributed by atoms with Crippen LogP contribution in [0.1, 0.15) is 22.3 Å². The highest BCUT2D eigenvalue weighted by atomic mass is 79.9. The van der Waals surface area contributed by atoms with Crippen molar-refractivity contribution in [2.75, 3.05) is 32.8 Å². The lowest BCUT2D eigenvalue weighted by Gasteiger charge is -2.34. The van der Waals surface area contributed by atoms with E-state index >= 15 is 0 Å². The molecule has 4 rings (SSSR count). The van der Waals surface area contributed by atoms with Crippen molar-refractivity contribution in [2.45, 2.75) is 13.0 Å². The summed E-state index contributed by atoms with van der Waals surface area (Å²) in [5.74, 6) is 0.904. The van der Waals surface area contributed by atoms with E-state index in [2.05, 4.69) is 21.2 Å². The molecule has 0 aromatic heterocycles. The van der Waals surface area contributed by atoms with Gasteiger partial charge in [0.2, 0.25) is 5.91 Å². The zero-order chi connectivity index (χ0) is 26.9. The Balaban J connectivity index is 1.22. The average Bonchev–Trinajstić information content (AvgIpc) is 2.92. The smallest absolute Gasteiger partial charge is 0.327 e. The third-order valence-corrected chi connectivity index (χ3v) is 6.58. The molecule has 0 unspecified atom stereocenters.